The standard InChI is InChI=1S/C28H40N3O7P/c1-5-8-9-13-25(26(6-2)31(35)19-32)28(34)30-18-29-27(33)21-12-10-11-20(14-21)22-15-23(38-7-3)17-24(16-22)39(36)37-4/h10-12,14-17,19,25-26,35-36H,5-9,13,18H2,1-4H3,(H,29,33)(H,30,34). The van der Waals surface area contributed by atoms with E-state index >= 15 is 0 Å². The Morgan fingerprint density at radius 1 is 1.08 bits per heavy atom. The summed E-state index contributed by atoms with van der Waals surface area (Å²) in [6, 6.07) is 11.7. The van der Waals surface area contributed by atoms with E-state index < -0.39 is 20.3 Å². The molecule has 0 spiro atoms. The molecule has 2 aromatic carbocycles. The van der Waals surface area contributed by atoms with Gasteiger partial charge in [0.1, 0.15) is 5.75 Å². The SMILES string of the molecule is CCCCCC(C(=O)NCNC(=O)c1cccc(-c2cc(OCC)cc(P(O)OC)c2)c1)C(CC)N(O)C=O. The van der Waals surface area contributed by atoms with Gasteiger partial charge in [0, 0.05) is 18.0 Å². The van der Waals surface area contributed by atoms with E-state index in [-0.39, 0.29) is 18.5 Å². The molecule has 11 heteroatoms. The Morgan fingerprint density at radius 3 is 2.49 bits per heavy atom. The van der Waals surface area contributed by atoms with Crippen LogP contribution in [0.4, 0.5) is 0 Å². The highest BCUT2D eigenvalue weighted by molar-refractivity contribution is 7.55. The van der Waals surface area contributed by atoms with Crippen molar-refractivity contribution < 1.29 is 33.7 Å². The minimum Gasteiger partial charge on any atom is -0.494 e. The number of nitrogens with one attached hydrogen (secondary N) is 2. The van der Waals surface area contributed by atoms with Crippen LogP contribution in [-0.4, -0.2) is 59.8 Å². The smallest absolute Gasteiger partial charge is 0.252 e. The maximum Gasteiger partial charge on any atom is 0.252 e. The van der Waals surface area contributed by atoms with Crippen molar-refractivity contribution in [2.45, 2.75) is 58.9 Å². The van der Waals surface area contributed by atoms with Gasteiger partial charge >= 0.3 is 0 Å². The van der Waals surface area contributed by atoms with E-state index in [9.17, 15) is 24.5 Å². The third kappa shape index (κ3) is 9.58. The maximum absolute atomic E-state index is 13.0. The average Bonchev–Trinajstić information content (AvgIpc) is 2.96. The Labute approximate surface area is 231 Å². The summed E-state index contributed by atoms with van der Waals surface area (Å²) in [5, 5.41) is 16.5. The minimum atomic E-state index is -1.80. The minimum absolute atomic E-state index is 0.109. The fraction of sp³-hybridized carbons (Fsp3) is 0.464. The Morgan fingerprint density at radius 2 is 1.85 bits per heavy atom. The van der Waals surface area contributed by atoms with Crippen LogP contribution < -0.4 is 20.7 Å². The Hall–Kier alpha value is -3.04. The zero-order chi connectivity index (χ0) is 28.8. The van der Waals surface area contributed by atoms with Crippen molar-refractivity contribution >= 4 is 31.9 Å². The Kier molecular flexibility index (Phi) is 13.9. The first kappa shape index (κ1) is 32.2. The van der Waals surface area contributed by atoms with Crippen molar-refractivity contribution in [3.8, 4) is 16.9 Å². The lowest BCUT2D eigenvalue weighted by Crippen LogP contribution is -2.47. The summed E-state index contributed by atoms with van der Waals surface area (Å²) in [4.78, 5) is 47.2. The molecule has 39 heavy (non-hydrogen) atoms. The van der Waals surface area contributed by atoms with Crippen molar-refractivity contribution in [3.05, 3.63) is 48.0 Å². The van der Waals surface area contributed by atoms with Crippen molar-refractivity contribution in [1.29, 1.82) is 0 Å². The van der Waals surface area contributed by atoms with E-state index in [1.165, 1.54) is 7.11 Å². The van der Waals surface area contributed by atoms with Crippen molar-refractivity contribution in [1.82, 2.24) is 15.7 Å². The number of carbonyl (C=O) groups excluding carboxylic acids is 3. The van der Waals surface area contributed by atoms with Crippen LogP contribution in [0, 0.1) is 5.92 Å². The van der Waals surface area contributed by atoms with Crippen LogP contribution in [0.3, 0.4) is 0 Å². The number of rotatable bonds is 17. The topological polar surface area (TPSA) is 137 Å². The van der Waals surface area contributed by atoms with Crippen LogP contribution in [0.15, 0.2) is 42.5 Å². The second-order valence-corrected chi connectivity index (χ2v) is 10.4. The predicted octanol–water partition coefficient (Wildman–Crippen LogP) is 3.95. The second-order valence-electron chi connectivity index (χ2n) is 8.97. The largest absolute Gasteiger partial charge is 0.494 e. The molecule has 0 aliphatic rings. The maximum atomic E-state index is 13.0. The molecule has 0 aliphatic carbocycles. The highest BCUT2D eigenvalue weighted by Gasteiger charge is 2.30. The lowest BCUT2D eigenvalue weighted by atomic mass is 9.90. The van der Waals surface area contributed by atoms with Crippen molar-refractivity contribution in [2.24, 2.45) is 5.92 Å². The number of benzene rings is 2. The molecule has 0 heterocycles. The highest BCUT2D eigenvalue weighted by atomic mass is 31.2. The third-order valence-corrected chi connectivity index (χ3v) is 7.40. The number of unbranched alkanes of at least 4 members (excludes halogenated alkanes) is 2. The normalized spacial score (nSPS) is 13.2. The van der Waals surface area contributed by atoms with Gasteiger partial charge in [0.15, 0.2) is 0 Å². The second kappa shape index (κ2) is 16.8. The van der Waals surface area contributed by atoms with Crippen molar-refractivity contribution in [2.75, 3.05) is 20.4 Å². The number of hydrogen-bond donors (Lipinski definition) is 4. The molecule has 214 valence electrons. The summed E-state index contributed by atoms with van der Waals surface area (Å²) < 4.78 is 10.7. The Balaban J connectivity index is 2.13. The molecule has 0 radical (unpaired) electrons. The molecule has 0 aliphatic heterocycles. The van der Waals surface area contributed by atoms with Gasteiger partial charge in [0.25, 0.3) is 5.91 Å². The van der Waals surface area contributed by atoms with Gasteiger partial charge in [-0.05, 0) is 61.2 Å². The molecule has 0 saturated carbocycles. The molecule has 0 fully saturated rings. The predicted molar refractivity (Wildman–Crippen MR) is 151 cm³/mol. The molecular formula is C28H40N3O7P. The zero-order valence-electron chi connectivity index (χ0n) is 23.1. The number of hydroxylamine groups is 2. The highest BCUT2D eigenvalue weighted by Crippen LogP contribution is 2.34. The molecule has 2 aromatic rings. The number of nitrogens with zero attached hydrogens (tertiary/aromatic N) is 1. The summed E-state index contributed by atoms with van der Waals surface area (Å²) in [7, 11) is -0.370. The van der Waals surface area contributed by atoms with E-state index in [4.69, 9.17) is 9.26 Å². The van der Waals surface area contributed by atoms with Gasteiger partial charge in [0.05, 0.1) is 25.2 Å². The molecule has 3 unspecified atom stereocenters. The Bertz CT molecular complexity index is 1080. The summed E-state index contributed by atoms with van der Waals surface area (Å²) in [6.07, 6.45) is 3.93. The van der Waals surface area contributed by atoms with Crippen LogP contribution in [0.1, 0.15) is 63.2 Å². The van der Waals surface area contributed by atoms with Gasteiger partial charge in [-0.25, -0.2) is 5.06 Å². The molecule has 2 rings (SSSR count). The molecule has 10 nitrogen and oxygen atoms in total. The van der Waals surface area contributed by atoms with Crippen LogP contribution in [-0.2, 0) is 14.1 Å². The first-order valence-electron chi connectivity index (χ1n) is 13.2. The van der Waals surface area contributed by atoms with Gasteiger partial charge in [0.2, 0.25) is 20.7 Å². The van der Waals surface area contributed by atoms with Gasteiger partial charge < -0.3 is 24.8 Å². The molecule has 3 atom stereocenters. The van der Waals surface area contributed by atoms with Gasteiger partial charge in [-0.2, -0.15) is 0 Å². The number of ether oxygens (including phenoxy) is 1. The quantitative estimate of drug-likeness (QED) is 0.0573. The third-order valence-electron chi connectivity index (χ3n) is 6.35. The van der Waals surface area contributed by atoms with E-state index in [0.717, 1.165) is 30.4 Å². The molecule has 0 bridgehead atoms. The molecular weight excluding hydrogens is 521 g/mol. The van der Waals surface area contributed by atoms with Crippen LogP contribution >= 0.6 is 8.38 Å². The average molecular weight is 562 g/mol. The fourth-order valence-corrected chi connectivity index (χ4v) is 5.05. The van der Waals surface area contributed by atoms with Crippen molar-refractivity contribution in [3.63, 3.8) is 0 Å². The number of amides is 3. The van der Waals surface area contributed by atoms with E-state index in [1.54, 1.807) is 37.3 Å². The summed E-state index contributed by atoms with van der Waals surface area (Å²) >= 11 is 0. The van der Waals surface area contributed by atoms with Gasteiger partial charge in [-0.3, -0.25) is 19.6 Å². The summed E-state index contributed by atoms with van der Waals surface area (Å²) in [6.45, 7) is 6.07. The lowest BCUT2D eigenvalue weighted by Gasteiger charge is -2.29. The van der Waals surface area contributed by atoms with Crippen LogP contribution in [0.2, 0.25) is 0 Å². The fourth-order valence-electron chi connectivity index (χ4n) is 4.35. The molecule has 0 aromatic heterocycles. The monoisotopic (exact) mass is 561 g/mol. The number of hydrogen-bond acceptors (Lipinski definition) is 7. The van der Waals surface area contributed by atoms with Gasteiger partial charge in [-0.15, -0.1) is 0 Å². The first-order valence-corrected chi connectivity index (χ1v) is 14.4. The molecule has 4 N–H and O–H groups in total. The van der Waals surface area contributed by atoms with E-state index in [1.807, 2.05) is 19.1 Å². The number of carbonyl (C=O) groups is 3. The lowest BCUT2D eigenvalue weighted by molar-refractivity contribution is -0.168. The first-order chi connectivity index (χ1) is 18.8. The summed E-state index contributed by atoms with van der Waals surface area (Å²) in [5.74, 6) is -0.748. The molecule has 0 saturated heterocycles. The van der Waals surface area contributed by atoms with Crippen LogP contribution in [0.5, 0.6) is 5.75 Å². The zero-order valence-corrected chi connectivity index (χ0v) is 23.9. The van der Waals surface area contributed by atoms with Gasteiger partial charge in [-0.1, -0.05) is 45.2 Å². The summed E-state index contributed by atoms with van der Waals surface area (Å²) in [5.41, 5.74) is 1.88. The van der Waals surface area contributed by atoms with E-state index in [0.29, 0.717) is 47.5 Å². The van der Waals surface area contributed by atoms with E-state index in [2.05, 4.69) is 17.6 Å². The molecule has 3 amide bonds. The van der Waals surface area contributed by atoms with Crippen LogP contribution in [0.25, 0.3) is 11.1 Å².